The Kier molecular flexibility index (Phi) is 11.4. The molecule has 0 spiro atoms. The number of halogens is 3. The molecule has 2 N–H and O–H groups in total. The van der Waals surface area contributed by atoms with Crippen molar-refractivity contribution in [2.24, 2.45) is 5.92 Å². The average molecular weight is 327 g/mol. The Hall–Kier alpha value is -2.03. The van der Waals surface area contributed by atoms with Crippen LogP contribution < -0.4 is 5.73 Å². The number of allylic oxidation sites excluding steroid dienone is 1. The van der Waals surface area contributed by atoms with Crippen LogP contribution in [0.3, 0.4) is 0 Å². The molecule has 0 aromatic carbocycles. The fraction of sp³-hybridized carbons (Fsp3) is 0.529. The quantitative estimate of drug-likeness (QED) is 0.798. The van der Waals surface area contributed by atoms with Crippen LogP contribution in [-0.4, -0.2) is 11.7 Å². The van der Waals surface area contributed by atoms with Gasteiger partial charge in [0, 0.05) is 5.56 Å². The zero-order valence-corrected chi connectivity index (χ0v) is 13.6. The Morgan fingerprint density at radius 3 is 2.35 bits per heavy atom. The van der Waals surface area contributed by atoms with E-state index in [2.05, 4.69) is 17.1 Å². The minimum atomic E-state index is -3.67. The van der Waals surface area contributed by atoms with Crippen molar-refractivity contribution in [3.05, 3.63) is 29.6 Å². The van der Waals surface area contributed by atoms with Gasteiger partial charge in [0.1, 0.15) is 11.8 Å². The van der Waals surface area contributed by atoms with E-state index >= 15 is 0 Å². The molecule has 1 aromatic heterocycles. The SMILES string of the molecule is CC.FC(F)F.N#Cc1ncc(N)cc1/C=C/C1CCCCC1. The third-order valence-corrected chi connectivity index (χ3v) is 3.24. The van der Waals surface area contributed by atoms with E-state index in [1.54, 1.807) is 0 Å². The molecule has 3 nitrogen and oxygen atoms in total. The number of anilines is 1. The normalized spacial score (nSPS) is 14.5. The molecule has 1 saturated carbocycles. The number of alkyl halides is 3. The lowest BCUT2D eigenvalue weighted by atomic mass is 9.88. The molecule has 0 amide bonds. The van der Waals surface area contributed by atoms with Crippen molar-refractivity contribution in [1.82, 2.24) is 4.98 Å². The summed E-state index contributed by atoms with van der Waals surface area (Å²) in [5.41, 5.74) is 7.57. The van der Waals surface area contributed by atoms with Gasteiger partial charge in [0.25, 0.3) is 0 Å². The monoisotopic (exact) mass is 327 g/mol. The largest absolute Gasteiger partial charge is 0.397 e. The topological polar surface area (TPSA) is 62.7 Å². The molecule has 1 aliphatic rings. The Morgan fingerprint density at radius 2 is 1.83 bits per heavy atom. The van der Waals surface area contributed by atoms with Crippen LogP contribution in [0.25, 0.3) is 6.08 Å². The van der Waals surface area contributed by atoms with E-state index in [4.69, 9.17) is 11.0 Å². The van der Waals surface area contributed by atoms with Gasteiger partial charge in [0.2, 0.25) is 0 Å². The summed E-state index contributed by atoms with van der Waals surface area (Å²) in [6.45, 7) is 0.333. The predicted octanol–water partition coefficient (Wildman–Crippen LogP) is 5.33. The lowest BCUT2D eigenvalue weighted by molar-refractivity contribution is 0.00819. The molecule has 23 heavy (non-hydrogen) atoms. The fourth-order valence-corrected chi connectivity index (χ4v) is 2.29. The Labute approximate surface area is 136 Å². The first kappa shape index (κ1) is 21.0. The molecule has 0 unspecified atom stereocenters. The first-order valence-corrected chi connectivity index (χ1v) is 7.79. The molecular weight excluding hydrogens is 303 g/mol. The molecule has 0 aliphatic heterocycles. The third kappa shape index (κ3) is 9.56. The molecule has 1 aromatic rings. The Bertz CT molecular complexity index is 502. The van der Waals surface area contributed by atoms with Crippen LogP contribution in [0.1, 0.15) is 57.2 Å². The lowest BCUT2D eigenvalue weighted by Crippen LogP contribution is -2.02. The smallest absolute Gasteiger partial charge is 0.379 e. The Balaban J connectivity index is 0.000000705. The molecule has 1 heterocycles. The van der Waals surface area contributed by atoms with Crippen molar-refractivity contribution in [1.29, 1.82) is 5.26 Å². The van der Waals surface area contributed by atoms with Crippen molar-refractivity contribution in [3.8, 4) is 6.07 Å². The maximum absolute atomic E-state index is 9.67. The standard InChI is InChI=1S/C14H17N3.C2H6.CHF3/c15-9-14-12(8-13(16)10-17-14)7-6-11-4-2-1-3-5-11;1-2;2-1(3)4/h6-8,10-11H,1-5,16H2;1-2H3;1H/b7-6+;;. The maximum Gasteiger partial charge on any atom is 0.379 e. The summed E-state index contributed by atoms with van der Waals surface area (Å²) >= 11 is 0. The molecule has 0 saturated heterocycles. The molecule has 2 rings (SSSR count). The van der Waals surface area contributed by atoms with Crippen molar-refractivity contribution in [3.63, 3.8) is 0 Å². The summed E-state index contributed by atoms with van der Waals surface area (Å²) in [6, 6.07) is 3.90. The van der Waals surface area contributed by atoms with Gasteiger partial charge in [0.05, 0.1) is 11.9 Å². The zero-order valence-electron chi connectivity index (χ0n) is 13.6. The first-order valence-electron chi connectivity index (χ1n) is 7.79. The van der Waals surface area contributed by atoms with E-state index in [1.807, 2.05) is 26.0 Å². The van der Waals surface area contributed by atoms with E-state index in [0.29, 0.717) is 17.3 Å². The minimum absolute atomic E-state index is 0.450. The van der Waals surface area contributed by atoms with Crippen molar-refractivity contribution in [2.45, 2.75) is 52.6 Å². The van der Waals surface area contributed by atoms with Crippen LogP contribution in [0.2, 0.25) is 0 Å². The van der Waals surface area contributed by atoms with Crippen LogP contribution in [0.4, 0.5) is 18.9 Å². The van der Waals surface area contributed by atoms with Gasteiger partial charge in [-0.3, -0.25) is 0 Å². The van der Waals surface area contributed by atoms with E-state index in [9.17, 15) is 13.2 Å². The molecule has 0 radical (unpaired) electrons. The van der Waals surface area contributed by atoms with Gasteiger partial charge >= 0.3 is 6.68 Å². The molecule has 1 aliphatic carbocycles. The third-order valence-electron chi connectivity index (χ3n) is 3.24. The van der Waals surface area contributed by atoms with E-state index < -0.39 is 6.68 Å². The molecule has 6 heteroatoms. The van der Waals surface area contributed by atoms with Gasteiger partial charge in [-0.1, -0.05) is 45.3 Å². The van der Waals surface area contributed by atoms with Crippen molar-refractivity contribution < 1.29 is 13.2 Å². The molecule has 128 valence electrons. The summed E-state index contributed by atoms with van der Waals surface area (Å²) in [7, 11) is 0. The number of hydrogen-bond donors (Lipinski definition) is 1. The second-order valence-electron chi connectivity index (χ2n) is 4.82. The highest BCUT2D eigenvalue weighted by Crippen LogP contribution is 2.25. The maximum atomic E-state index is 9.67. The van der Waals surface area contributed by atoms with E-state index in [-0.39, 0.29) is 0 Å². The summed E-state index contributed by atoms with van der Waals surface area (Å²) < 4.78 is 29.0. The number of aromatic nitrogens is 1. The first-order chi connectivity index (χ1) is 11.0. The molecule has 1 fully saturated rings. The highest BCUT2D eigenvalue weighted by Gasteiger charge is 2.10. The van der Waals surface area contributed by atoms with Crippen LogP contribution in [0.15, 0.2) is 18.3 Å². The number of hydrogen-bond acceptors (Lipinski definition) is 3. The van der Waals surface area contributed by atoms with E-state index in [0.717, 1.165) is 5.56 Å². The van der Waals surface area contributed by atoms with Crippen LogP contribution in [-0.2, 0) is 0 Å². The van der Waals surface area contributed by atoms with Crippen LogP contribution >= 0.6 is 0 Å². The summed E-state index contributed by atoms with van der Waals surface area (Å²) in [5, 5.41) is 8.96. The van der Waals surface area contributed by atoms with Gasteiger partial charge in [-0.15, -0.1) is 0 Å². The van der Waals surface area contributed by atoms with Gasteiger partial charge in [0.15, 0.2) is 0 Å². The zero-order chi connectivity index (χ0) is 17.7. The minimum Gasteiger partial charge on any atom is -0.397 e. The van der Waals surface area contributed by atoms with Crippen molar-refractivity contribution >= 4 is 11.8 Å². The Morgan fingerprint density at radius 1 is 1.26 bits per heavy atom. The highest BCUT2D eigenvalue weighted by molar-refractivity contribution is 5.60. The van der Waals surface area contributed by atoms with E-state index in [1.165, 1.54) is 38.3 Å². The second-order valence-corrected chi connectivity index (χ2v) is 4.82. The van der Waals surface area contributed by atoms with Gasteiger partial charge in [-0.05, 0) is 24.8 Å². The highest BCUT2D eigenvalue weighted by atomic mass is 19.4. The lowest BCUT2D eigenvalue weighted by Gasteiger charge is -2.17. The summed E-state index contributed by atoms with van der Waals surface area (Å²) in [4.78, 5) is 4.02. The summed E-state index contributed by atoms with van der Waals surface area (Å²) in [5.74, 6) is 0.650. The number of nitrogens with zero attached hydrogens (tertiary/aromatic N) is 2. The van der Waals surface area contributed by atoms with Crippen LogP contribution in [0.5, 0.6) is 0 Å². The van der Waals surface area contributed by atoms with Crippen LogP contribution in [0, 0.1) is 17.2 Å². The summed E-state index contributed by atoms with van der Waals surface area (Å²) in [6.07, 6.45) is 12.2. The predicted molar refractivity (Wildman–Crippen MR) is 87.4 cm³/mol. The average Bonchev–Trinajstić information content (AvgIpc) is 2.55. The van der Waals surface area contributed by atoms with Crippen molar-refractivity contribution in [2.75, 3.05) is 5.73 Å². The number of nitrogens with two attached hydrogens (primary N) is 1. The van der Waals surface area contributed by atoms with Gasteiger partial charge in [-0.25, -0.2) is 4.98 Å². The van der Waals surface area contributed by atoms with Gasteiger partial charge in [-0.2, -0.15) is 18.4 Å². The number of nitriles is 1. The molecular formula is C17H24F3N3. The number of nitrogen functional groups attached to an aromatic ring is 1. The number of pyridine rings is 1. The fourth-order valence-electron chi connectivity index (χ4n) is 2.29. The molecule has 0 atom stereocenters. The second kappa shape index (κ2) is 12.5. The number of rotatable bonds is 2. The van der Waals surface area contributed by atoms with Gasteiger partial charge < -0.3 is 5.73 Å². The molecule has 0 bridgehead atoms.